The SMILES string of the molecule is Cc1ccccc1.O=S(O)(=S)c1ccccc1. The summed E-state index contributed by atoms with van der Waals surface area (Å²) in [6, 6.07) is 18.5. The lowest BCUT2D eigenvalue weighted by atomic mass is 10.2. The highest BCUT2D eigenvalue weighted by atomic mass is 32.8. The third kappa shape index (κ3) is 5.58. The van der Waals surface area contributed by atoms with E-state index in [0.29, 0.717) is 4.90 Å². The molecule has 2 rings (SSSR count). The topological polar surface area (TPSA) is 37.3 Å². The molecular formula is C13H14O2S2. The zero-order valence-corrected chi connectivity index (χ0v) is 11.1. The lowest BCUT2D eigenvalue weighted by Crippen LogP contribution is -1.94. The van der Waals surface area contributed by atoms with Gasteiger partial charge in [-0.15, -0.1) is 0 Å². The minimum Gasteiger partial charge on any atom is -0.302 e. The van der Waals surface area contributed by atoms with Crippen molar-refractivity contribution in [2.24, 2.45) is 0 Å². The minimum atomic E-state index is -3.17. The summed E-state index contributed by atoms with van der Waals surface area (Å²) in [5, 5.41) is 0. The Hall–Kier alpha value is -1.23. The zero-order chi connectivity index (χ0) is 12.7. The normalized spacial score (nSPS) is 13.1. The Kier molecular flexibility index (Phi) is 5.28. The van der Waals surface area contributed by atoms with E-state index in [-0.39, 0.29) is 0 Å². The van der Waals surface area contributed by atoms with Crippen LogP contribution in [0.3, 0.4) is 0 Å². The molecule has 4 heteroatoms. The largest absolute Gasteiger partial charge is 0.302 e. The molecule has 0 spiro atoms. The van der Waals surface area contributed by atoms with Crippen LogP contribution in [0, 0.1) is 6.92 Å². The van der Waals surface area contributed by atoms with Crippen LogP contribution in [-0.4, -0.2) is 8.76 Å². The molecule has 1 atom stereocenters. The molecule has 17 heavy (non-hydrogen) atoms. The lowest BCUT2D eigenvalue weighted by Gasteiger charge is -1.95. The van der Waals surface area contributed by atoms with E-state index in [4.69, 9.17) is 4.55 Å². The van der Waals surface area contributed by atoms with E-state index in [9.17, 15) is 4.21 Å². The fourth-order valence-electron chi connectivity index (χ4n) is 1.13. The van der Waals surface area contributed by atoms with Crippen molar-refractivity contribution >= 4 is 20.0 Å². The van der Waals surface area contributed by atoms with Crippen molar-refractivity contribution in [1.29, 1.82) is 0 Å². The first-order valence-corrected chi connectivity index (χ1v) is 7.48. The first-order chi connectivity index (χ1) is 8.00. The van der Waals surface area contributed by atoms with Crippen LogP contribution in [0.25, 0.3) is 0 Å². The Morgan fingerprint density at radius 3 is 1.59 bits per heavy atom. The molecular weight excluding hydrogens is 252 g/mol. The molecule has 90 valence electrons. The van der Waals surface area contributed by atoms with E-state index in [0.717, 1.165) is 0 Å². The van der Waals surface area contributed by atoms with E-state index in [1.807, 2.05) is 18.2 Å². The quantitative estimate of drug-likeness (QED) is 0.861. The molecule has 0 fully saturated rings. The highest BCUT2D eigenvalue weighted by Crippen LogP contribution is 2.05. The van der Waals surface area contributed by atoms with E-state index in [1.165, 1.54) is 17.7 Å². The van der Waals surface area contributed by atoms with Crippen molar-refractivity contribution in [1.82, 2.24) is 0 Å². The molecule has 0 saturated heterocycles. The molecule has 0 aromatic heterocycles. The van der Waals surface area contributed by atoms with Crippen LogP contribution >= 0.6 is 0 Å². The van der Waals surface area contributed by atoms with Gasteiger partial charge in [-0.05, 0) is 19.1 Å². The van der Waals surface area contributed by atoms with Gasteiger partial charge in [0.25, 0.3) is 0 Å². The van der Waals surface area contributed by atoms with Gasteiger partial charge in [0.2, 0.25) is 0 Å². The third-order valence-electron chi connectivity index (χ3n) is 1.98. The van der Waals surface area contributed by atoms with Crippen molar-refractivity contribution in [2.45, 2.75) is 11.8 Å². The van der Waals surface area contributed by atoms with Gasteiger partial charge in [0, 0.05) is 11.2 Å². The van der Waals surface area contributed by atoms with Crippen molar-refractivity contribution in [3.8, 4) is 0 Å². The van der Waals surface area contributed by atoms with Crippen molar-refractivity contribution in [3.05, 3.63) is 66.2 Å². The molecule has 2 nitrogen and oxygen atoms in total. The molecule has 0 aliphatic rings. The second kappa shape index (κ2) is 6.49. The van der Waals surface area contributed by atoms with Gasteiger partial charge in [0.15, 0.2) is 8.77 Å². The minimum absolute atomic E-state index is 0.296. The van der Waals surface area contributed by atoms with Crippen molar-refractivity contribution < 1.29 is 8.76 Å². The van der Waals surface area contributed by atoms with Gasteiger partial charge in [0.1, 0.15) is 0 Å². The highest BCUT2D eigenvalue weighted by molar-refractivity contribution is 8.29. The second-order valence-electron chi connectivity index (χ2n) is 3.44. The predicted molar refractivity (Wildman–Crippen MR) is 74.0 cm³/mol. The van der Waals surface area contributed by atoms with Crippen LogP contribution in [-0.2, 0) is 20.0 Å². The third-order valence-corrected chi connectivity index (χ3v) is 3.43. The average molecular weight is 266 g/mol. The molecule has 1 N–H and O–H groups in total. The lowest BCUT2D eigenvalue weighted by molar-refractivity contribution is 0.561. The number of benzene rings is 2. The summed E-state index contributed by atoms with van der Waals surface area (Å²) in [6.45, 7) is 2.08. The Bertz CT molecular complexity index is 534. The van der Waals surface area contributed by atoms with E-state index >= 15 is 0 Å². The Morgan fingerprint density at radius 1 is 0.941 bits per heavy atom. The number of hydrogen-bond acceptors (Lipinski definition) is 2. The molecule has 1 unspecified atom stereocenters. The fourth-order valence-corrected chi connectivity index (χ4v) is 1.96. The van der Waals surface area contributed by atoms with E-state index < -0.39 is 8.77 Å². The van der Waals surface area contributed by atoms with Crippen molar-refractivity contribution in [3.63, 3.8) is 0 Å². The summed E-state index contributed by atoms with van der Waals surface area (Å²) in [7, 11) is -3.17. The van der Waals surface area contributed by atoms with Crippen LogP contribution in [0.2, 0.25) is 0 Å². The number of aryl methyl sites for hydroxylation is 1. The van der Waals surface area contributed by atoms with Crippen LogP contribution in [0.5, 0.6) is 0 Å². The summed E-state index contributed by atoms with van der Waals surface area (Å²) in [6.07, 6.45) is 0. The number of hydrogen-bond donors (Lipinski definition) is 1. The van der Waals surface area contributed by atoms with Crippen LogP contribution in [0.4, 0.5) is 0 Å². The monoisotopic (exact) mass is 266 g/mol. The summed E-state index contributed by atoms with van der Waals surface area (Å²) in [5.74, 6) is 0. The van der Waals surface area contributed by atoms with Gasteiger partial charge in [-0.2, -0.15) is 0 Å². The predicted octanol–water partition coefficient (Wildman–Crippen LogP) is 3.26. The molecule has 0 amide bonds. The average Bonchev–Trinajstić information content (AvgIpc) is 2.31. The molecule has 0 aliphatic heterocycles. The fraction of sp³-hybridized carbons (Fsp3) is 0.0769. The zero-order valence-electron chi connectivity index (χ0n) is 9.45. The standard InChI is InChI=1S/C7H8.C6H6O2S2/c1-7-5-3-2-4-6-7;7-10(8,9)6-4-2-1-3-5-6/h2-6H,1H3;1-5H,(H,7,8,9). The molecule has 2 aromatic rings. The summed E-state index contributed by atoms with van der Waals surface area (Å²) in [5.41, 5.74) is 1.32. The molecule has 2 aromatic carbocycles. The highest BCUT2D eigenvalue weighted by Gasteiger charge is 2.01. The van der Waals surface area contributed by atoms with E-state index in [1.54, 1.807) is 18.2 Å². The smallest absolute Gasteiger partial charge is 0.171 e. The Labute approximate surface area is 107 Å². The first kappa shape index (κ1) is 13.8. The molecule has 0 saturated carbocycles. The molecule has 0 heterocycles. The maximum Gasteiger partial charge on any atom is 0.171 e. The van der Waals surface area contributed by atoms with Crippen molar-refractivity contribution in [2.75, 3.05) is 0 Å². The Balaban J connectivity index is 0.000000181. The summed E-state index contributed by atoms with van der Waals surface area (Å²) in [4.78, 5) is 0.296. The van der Waals surface area contributed by atoms with Crippen LogP contribution in [0.15, 0.2) is 65.6 Å². The maximum atomic E-state index is 10.8. The van der Waals surface area contributed by atoms with E-state index in [2.05, 4.69) is 30.2 Å². The van der Waals surface area contributed by atoms with Crippen LogP contribution in [0.1, 0.15) is 5.56 Å². The van der Waals surface area contributed by atoms with Gasteiger partial charge in [-0.3, -0.25) is 0 Å². The van der Waals surface area contributed by atoms with Gasteiger partial charge < -0.3 is 4.55 Å². The molecule has 0 aliphatic carbocycles. The molecule has 0 bridgehead atoms. The van der Waals surface area contributed by atoms with Crippen LogP contribution < -0.4 is 0 Å². The van der Waals surface area contributed by atoms with Gasteiger partial charge in [-0.25, -0.2) is 4.21 Å². The maximum absolute atomic E-state index is 10.8. The molecule has 0 radical (unpaired) electrons. The van der Waals surface area contributed by atoms with Gasteiger partial charge in [-0.1, -0.05) is 54.1 Å². The number of rotatable bonds is 1. The van der Waals surface area contributed by atoms with Gasteiger partial charge in [0.05, 0.1) is 4.90 Å². The van der Waals surface area contributed by atoms with Gasteiger partial charge >= 0.3 is 0 Å². The Morgan fingerprint density at radius 2 is 1.35 bits per heavy atom. The summed E-state index contributed by atoms with van der Waals surface area (Å²) >= 11 is 4.33. The summed E-state index contributed by atoms with van der Waals surface area (Å²) < 4.78 is 19.6. The second-order valence-corrected chi connectivity index (χ2v) is 6.22. The first-order valence-electron chi connectivity index (χ1n) is 5.04.